The molecule has 0 aliphatic carbocycles. The van der Waals surface area contributed by atoms with Crippen LogP contribution in [0.4, 0.5) is 0 Å². The first-order valence-electron chi connectivity index (χ1n) is 7.97. The molecule has 3 rings (SSSR count). The number of hydrogen-bond donors (Lipinski definition) is 0. The summed E-state index contributed by atoms with van der Waals surface area (Å²) >= 11 is 5.65. The lowest BCUT2D eigenvalue weighted by molar-refractivity contribution is 0.212. The Morgan fingerprint density at radius 1 is 0.913 bits per heavy atom. The quantitative estimate of drug-likeness (QED) is 0.638. The third kappa shape index (κ3) is 3.60. The average molecular weight is 348 g/mol. The molecule has 0 unspecified atom stereocenters. The molecule has 3 nitrogen and oxygen atoms in total. The minimum Gasteiger partial charge on any atom is -0.415 e. The molecular weight excluding hydrogens is 327 g/mol. The van der Waals surface area contributed by atoms with Crippen molar-refractivity contribution in [3.8, 4) is 22.6 Å². The van der Waals surface area contributed by atoms with Crippen LogP contribution in [0.1, 0.15) is 26.7 Å². The van der Waals surface area contributed by atoms with E-state index in [0.29, 0.717) is 12.5 Å². The minimum absolute atomic E-state index is 0.468. The standard InChI is InChI=1S/C18H21O3PS/c1-3-14(4-2)13-19-22(23)20-17-11-7-5-9-15(17)16-10-6-8-12-18(16)21-22/h5-12,14H,3-4,13H2,1-2H3. The summed E-state index contributed by atoms with van der Waals surface area (Å²) in [6.07, 6.45) is 2.11. The molecule has 0 fully saturated rings. The zero-order valence-corrected chi connectivity index (χ0v) is 15.1. The van der Waals surface area contributed by atoms with Crippen molar-refractivity contribution in [2.75, 3.05) is 6.61 Å². The third-order valence-electron chi connectivity index (χ3n) is 4.11. The van der Waals surface area contributed by atoms with Crippen molar-refractivity contribution in [3.63, 3.8) is 0 Å². The van der Waals surface area contributed by atoms with Gasteiger partial charge in [-0.3, -0.25) is 4.52 Å². The lowest BCUT2D eigenvalue weighted by Crippen LogP contribution is -2.11. The smallest absolute Gasteiger partial charge is 0.415 e. The number of para-hydroxylation sites is 2. The van der Waals surface area contributed by atoms with Crippen LogP contribution in [0, 0.1) is 5.92 Å². The highest BCUT2D eigenvalue weighted by Gasteiger charge is 2.31. The number of benzene rings is 2. The Morgan fingerprint density at radius 2 is 1.39 bits per heavy atom. The molecule has 0 radical (unpaired) electrons. The van der Waals surface area contributed by atoms with Gasteiger partial charge in [-0.05, 0) is 18.1 Å². The summed E-state index contributed by atoms with van der Waals surface area (Å²) in [5.74, 6) is 1.92. The highest BCUT2D eigenvalue weighted by Crippen LogP contribution is 2.56. The first kappa shape index (κ1) is 16.5. The maximum absolute atomic E-state index is 6.05. The van der Waals surface area contributed by atoms with Crippen LogP contribution in [0.15, 0.2) is 48.5 Å². The molecule has 0 aromatic heterocycles. The van der Waals surface area contributed by atoms with Crippen LogP contribution < -0.4 is 9.05 Å². The van der Waals surface area contributed by atoms with Crippen LogP contribution >= 0.6 is 6.72 Å². The molecule has 1 heterocycles. The molecule has 5 heteroatoms. The van der Waals surface area contributed by atoms with Crippen LogP contribution in [0.3, 0.4) is 0 Å². The molecule has 1 aliphatic heterocycles. The molecule has 0 atom stereocenters. The van der Waals surface area contributed by atoms with E-state index in [1.54, 1.807) is 0 Å². The van der Waals surface area contributed by atoms with Crippen molar-refractivity contribution in [2.24, 2.45) is 5.92 Å². The Morgan fingerprint density at radius 3 is 1.87 bits per heavy atom. The van der Waals surface area contributed by atoms with Gasteiger partial charge in [-0.1, -0.05) is 63.1 Å². The van der Waals surface area contributed by atoms with Crippen molar-refractivity contribution in [3.05, 3.63) is 48.5 Å². The number of hydrogen-bond acceptors (Lipinski definition) is 4. The van der Waals surface area contributed by atoms with Gasteiger partial charge >= 0.3 is 6.72 Å². The van der Waals surface area contributed by atoms with Crippen molar-refractivity contribution in [1.29, 1.82) is 0 Å². The first-order valence-corrected chi connectivity index (χ1v) is 10.5. The fraction of sp³-hybridized carbons (Fsp3) is 0.333. The van der Waals surface area contributed by atoms with Crippen LogP contribution in [0.25, 0.3) is 11.1 Å². The predicted molar refractivity (Wildman–Crippen MR) is 97.4 cm³/mol. The summed E-state index contributed by atoms with van der Waals surface area (Å²) in [5, 5.41) is 0. The summed E-state index contributed by atoms with van der Waals surface area (Å²) in [4.78, 5) is 0. The highest BCUT2D eigenvalue weighted by molar-refractivity contribution is 8.07. The largest absolute Gasteiger partial charge is 0.435 e. The molecule has 0 spiro atoms. The van der Waals surface area contributed by atoms with Crippen molar-refractivity contribution in [2.45, 2.75) is 26.7 Å². The van der Waals surface area contributed by atoms with Gasteiger partial charge in [0.2, 0.25) is 0 Å². The SMILES string of the molecule is CCC(CC)COP1(=S)Oc2ccccc2-c2ccccc2O1. The molecule has 122 valence electrons. The molecule has 0 saturated carbocycles. The Labute approximate surface area is 142 Å². The highest BCUT2D eigenvalue weighted by atomic mass is 32.5. The molecule has 0 amide bonds. The van der Waals surface area contributed by atoms with Crippen LogP contribution in [0.2, 0.25) is 0 Å². The van der Waals surface area contributed by atoms with Gasteiger partial charge in [0.05, 0.1) is 6.61 Å². The fourth-order valence-corrected chi connectivity index (χ4v) is 4.57. The molecule has 0 saturated heterocycles. The lowest BCUT2D eigenvalue weighted by atomic mass is 10.0. The average Bonchev–Trinajstić information content (AvgIpc) is 2.69. The van der Waals surface area contributed by atoms with Gasteiger partial charge in [-0.15, -0.1) is 0 Å². The zero-order chi connectivity index (χ0) is 16.3. The van der Waals surface area contributed by atoms with Crippen molar-refractivity contribution >= 4 is 18.5 Å². The Kier molecular flexibility index (Phi) is 5.05. The number of fused-ring (bicyclic) bond motifs is 3. The van der Waals surface area contributed by atoms with Crippen LogP contribution in [0.5, 0.6) is 11.5 Å². The zero-order valence-electron chi connectivity index (χ0n) is 13.4. The van der Waals surface area contributed by atoms with Crippen LogP contribution in [-0.4, -0.2) is 6.61 Å². The summed E-state index contributed by atoms with van der Waals surface area (Å²) in [7, 11) is 0. The molecule has 2 aromatic carbocycles. The van der Waals surface area contributed by atoms with E-state index in [4.69, 9.17) is 25.4 Å². The molecule has 0 bridgehead atoms. The third-order valence-corrected chi connectivity index (χ3v) is 6.18. The second kappa shape index (κ2) is 7.04. The monoisotopic (exact) mass is 348 g/mol. The summed E-state index contributed by atoms with van der Waals surface area (Å²) < 4.78 is 18.1. The molecule has 0 N–H and O–H groups in total. The fourth-order valence-electron chi connectivity index (χ4n) is 2.57. The van der Waals surface area contributed by atoms with E-state index in [1.807, 2.05) is 48.5 Å². The van der Waals surface area contributed by atoms with E-state index in [9.17, 15) is 0 Å². The molecular formula is C18H21O3PS. The summed E-state index contributed by atoms with van der Waals surface area (Å²) in [6, 6.07) is 15.7. The van der Waals surface area contributed by atoms with Gasteiger partial charge in [0.25, 0.3) is 0 Å². The van der Waals surface area contributed by atoms with Gasteiger partial charge < -0.3 is 9.05 Å². The normalized spacial score (nSPS) is 15.1. The van der Waals surface area contributed by atoms with E-state index in [-0.39, 0.29) is 0 Å². The van der Waals surface area contributed by atoms with E-state index in [0.717, 1.165) is 35.5 Å². The topological polar surface area (TPSA) is 27.7 Å². The second-order valence-electron chi connectivity index (χ2n) is 5.60. The van der Waals surface area contributed by atoms with Gasteiger partial charge in [-0.25, -0.2) is 0 Å². The Bertz CT molecular complexity index is 676. The van der Waals surface area contributed by atoms with Gasteiger partial charge in [-0.2, -0.15) is 0 Å². The van der Waals surface area contributed by atoms with Crippen LogP contribution in [-0.2, 0) is 16.3 Å². The second-order valence-corrected chi connectivity index (χ2v) is 8.46. The van der Waals surface area contributed by atoms with Crippen molar-refractivity contribution < 1.29 is 13.6 Å². The van der Waals surface area contributed by atoms with Gasteiger partial charge in [0.15, 0.2) is 0 Å². The van der Waals surface area contributed by atoms with E-state index < -0.39 is 6.72 Å². The maximum Gasteiger partial charge on any atom is 0.435 e. The lowest BCUT2D eigenvalue weighted by Gasteiger charge is -2.23. The summed E-state index contributed by atoms with van der Waals surface area (Å²) in [6.45, 7) is 2.01. The molecule has 2 aromatic rings. The Hall–Kier alpha value is -1.35. The number of rotatable bonds is 5. The Balaban J connectivity index is 1.96. The minimum atomic E-state index is -2.87. The van der Waals surface area contributed by atoms with E-state index >= 15 is 0 Å². The first-order chi connectivity index (χ1) is 11.1. The maximum atomic E-state index is 6.05. The van der Waals surface area contributed by atoms with Crippen molar-refractivity contribution in [1.82, 2.24) is 0 Å². The predicted octanol–water partition coefficient (Wildman–Crippen LogP) is 5.80. The molecule has 23 heavy (non-hydrogen) atoms. The van der Waals surface area contributed by atoms with Gasteiger partial charge in [0.1, 0.15) is 11.5 Å². The molecule has 1 aliphatic rings. The van der Waals surface area contributed by atoms with Gasteiger partial charge in [0, 0.05) is 22.9 Å². The van der Waals surface area contributed by atoms with E-state index in [1.165, 1.54) is 0 Å². The summed E-state index contributed by atoms with van der Waals surface area (Å²) in [5.41, 5.74) is 1.97. The van der Waals surface area contributed by atoms with E-state index in [2.05, 4.69) is 13.8 Å².